The number of aliphatic hydroxyl groups is 2. The fourth-order valence-corrected chi connectivity index (χ4v) is 4.94. The molecule has 0 aliphatic rings. The van der Waals surface area contributed by atoms with Crippen molar-refractivity contribution >= 4 is 11.9 Å². The Morgan fingerprint density at radius 2 is 0.851 bits per heavy atom. The van der Waals surface area contributed by atoms with Crippen molar-refractivity contribution in [1.82, 2.24) is 0 Å². The summed E-state index contributed by atoms with van der Waals surface area (Å²) in [5.41, 5.74) is 0. The number of rotatable bonds is 32. The molecule has 47 heavy (non-hydrogen) atoms. The topological polar surface area (TPSA) is 104 Å². The highest BCUT2D eigenvalue weighted by Gasteiger charge is 1.99. The molecule has 6 nitrogen and oxygen atoms in total. The van der Waals surface area contributed by atoms with Gasteiger partial charge in [0.2, 0.25) is 0 Å². The van der Waals surface area contributed by atoms with Gasteiger partial charge in [0, 0.05) is 12.8 Å². The van der Waals surface area contributed by atoms with Crippen molar-refractivity contribution < 1.29 is 29.6 Å². The van der Waals surface area contributed by atoms with Gasteiger partial charge < -0.3 is 20.1 Å². The molecule has 3 N–H and O–H groups in total. The Balaban J connectivity index is 0. The molecule has 0 amide bonds. The Kier molecular flexibility index (Phi) is 39.9. The van der Waals surface area contributed by atoms with E-state index in [-0.39, 0.29) is 24.6 Å². The van der Waals surface area contributed by atoms with Crippen LogP contribution in [-0.2, 0) is 14.3 Å². The summed E-state index contributed by atoms with van der Waals surface area (Å²) in [6, 6.07) is 0. The minimum atomic E-state index is -0.705. The molecule has 0 rings (SSSR count). The number of hydrogen-bond acceptors (Lipinski definition) is 5. The fraction of sp³-hybridized carbons (Fsp3) is 0.756. The number of ether oxygens (including phenoxy) is 1. The molecule has 0 aromatic heterocycles. The van der Waals surface area contributed by atoms with Crippen LogP contribution in [0.15, 0.2) is 48.6 Å². The van der Waals surface area contributed by atoms with Crippen LogP contribution in [0.5, 0.6) is 0 Å². The molecule has 0 unspecified atom stereocenters. The number of esters is 1. The second-order valence-corrected chi connectivity index (χ2v) is 12.7. The third-order valence-corrected chi connectivity index (χ3v) is 7.98. The van der Waals surface area contributed by atoms with E-state index >= 15 is 0 Å². The number of allylic oxidation sites excluding steroid dienone is 6. The molecule has 6 heteroatoms. The second kappa shape index (κ2) is 40.0. The van der Waals surface area contributed by atoms with Crippen molar-refractivity contribution in [3.05, 3.63) is 48.6 Å². The Labute approximate surface area is 289 Å². The number of hydrogen-bond donors (Lipinski definition) is 3. The number of carboxylic acids is 1. The number of carbonyl (C=O) groups excluding carboxylic acids is 1. The fourth-order valence-electron chi connectivity index (χ4n) is 4.94. The molecular weight excluding hydrogens is 588 g/mol. The highest BCUT2D eigenvalue weighted by atomic mass is 16.5. The number of methoxy groups -OCH3 is 1. The van der Waals surface area contributed by atoms with Gasteiger partial charge in [0.1, 0.15) is 0 Å². The van der Waals surface area contributed by atoms with E-state index in [4.69, 9.17) is 5.11 Å². The summed E-state index contributed by atoms with van der Waals surface area (Å²) in [7, 11) is 1.44. The van der Waals surface area contributed by atoms with Gasteiger partial charge >= 0.3 is 11.9 Å². The van der Waals surface area contributed by atoms with Crippen molar-refractivity contribution in [3.8, 4) is 0 Å². The number of aliphatic hydroxyl groups excluding tert-OH is 2. The van der Waals surface area contributed by atoms with Crippen molar-refractivity contribution in [2.45, 2.75) is 193 Å². The lowest BCUT2D eigenvalue weighted by Gasteiger charge is -2.03. The summed E-state index contributed by atoms with van der Waals surface area (Å²) >= 11 is 0. The SMILES string of the molecule is CCCC[C@@H](O)/C=C\CCCCCCC/C=C\CCCC(=O)O.CCCC[C@@H](O)/C=C\CCCCCCC/C=C\CCCC(=O)OC. The molecule has 0 saturated carbocycles. The van der Waals surface area contributed by atoms with E-state index in [2.05, 4.69) is 55.0 Å². The molecule has 0 radical (unpaired) electrons. The van der Waals surface area contributed by atoms with Gasteiger partial charge in [0.25, 0.3) is 0 Å². The summed E-state index contributed by atoms with van der Waals surface area (Å²) in [5, 5.41) is 27.9. The average Bonchev–Trinajstić information content (AvgIpc) is 3.06. The first-order chi connectivity index (χ1) is 22.9. The largest absolute Gasteiger partial charge is 0.481 e. The predicted molar refractivity (Wildman–Crippen MR) is 200 cm³/mol. The lowest BCUT2D eigenvalue weighted by atomic mass is 10.1. The Hall–Kier alpha value is -2.18. The highest BCUT2D eigenvalue weighted by Crippen LogP contribution is 2.11. The molecule has 0 aromatic carbocycles. The molecule has 0 spiro atoms. The van der Waals surface area contributed by atoms with Crippen LogP contribution in [0, 0.1) is 0 Å². The Bertz CT molecular complexity index is 785. The predicted octanol–water partition coefficient (Wildman–Crippen LogP) is 11.4. The number of carboxylic acid groups (broad SMARTS) is 1. The van der Waals surface area contributed by atoms with E-state index < -0.39 is 5.97 Å². The maximum atomic E-state index is 10.9. The van der Waals surface area contributed by atoms with Crippen LogP contribution in [0.2, 0.25) is 0 Å². The van der Waals surface area contributed by atoms with Crippen LogP contribution >= 0.6 is 0 Å². The van der Waals surface area contributed by atoms with E-state index in [1.807, 2.05) is 12.2 Å². The van der Waals surface area contributed by atoms with Crippen molar-refractivity contribution in [1.29, 1.82) is 0 Å². The van der Waals surface area contributed by atoms with Gasteiger partial charge in [-0.3, -0.25) is 9.59 Å². The first-order valence-electron chi connectivity index (χ1n) is 19.1. The zero-order valence-corrected chi connectivity index (χ0v) is 30.7. The van der Waals surface area contributed by atoms with Gasteiger partial charge in [-0.25, -0.2) is 0 Å². The van der Waals surface area contributed by atoms with Crippen molar-refractivity contribution in [3.63, 3.8) is 0 Å². The normalized spacial score (nSPS) is 13.0. The lowest BCUT2D eigenvalue weighted by molar-refractivity contribution is -0.140. The highest BCUT2D eigenvalue weighted by molar-refractivity contribution is 5.69. The van der Waals surface area contributed by atoms with Gasteiger partial charge in [0.15, 0.2) is 0 Å². The first-order valence-corrected chi connectivity index (χ1v) is 19.1. The summed E-state index contributed by atoms with van der Waals surface area (Å²) < 4.78 is 4.60. The van der Waals surface area contributed by atoms with Gasteiger partial charge in [0.05, 0.1) is 19.3 Å². The maximum absolute atomic E-state index is 10.9. The third kappa shape index (κ3) is 43.8. The third-order valence-electron chi connectivity index (χ3n) is 7.98. The maximum Gasteiger partial charge on any atom is 0.305 e. The molecule has 0 heterocycles. The second-order valence-electron chi connectivity index (χ2n) is 12.7. The average molecular weight is 663 g/mol. The Morgan fingerprint density at radius 3 is 1.21 bits per heavy atom. The summed E-state index contributed by atoms with van der Waals surface area (Å²) in [6.45, 7) is 4.29. The molecule has 274 valence electrons. The van der Waals surface area contributed by atoms with Crippen LogP contribution in [0.3, 0.4) is 0 Å². The van der Waals surface area contributed by atoms with E-state index in [0.717, 1.165) is 89.9 Å². The Morgan fingerprint density at radius 1 is 0.511 bits per heavy atom. The number of aliphatic carboxylic acids is 1. The number of carbonyl (C=O) groups is 2. The summed E-state index contributed by atoms with van der Waals surface area (Å²) in [4.78, 5) is 21.3. The van der Waals surface area contributed by atoms with E-state index in [1.165, 1.54) is 71.3 Å². The van der Waals surface area contributed by atoms with E-state index in [1.54, 1.807) is 0 Å². The molecule has 0 fully saturated rings. The zero-order valence-electron chi connectivity index (χ0n) is 30.7. The van der Waals surface area contributed by atoms with Crippen LogP contribution in [0.1, 0.15) is 181 Å². The molecule has 0 saturated heterocycles. The van der Waals surface area contributed by atoms with Crippen LogP contribution in [0.25, 0.3) is 0 Å². The molecule has 0 aromatic rings. The lowest BCUT2D eigenvalue weighted by Crippen LogP contribution is -2.00. The quantitative estimate of drug-likeness (QED) is 0.0376. The van der Waals surface area contributed by atoms with Gasteiger partial charge in [-0.1, -0.05) is 127 Å². The van der Waals surface area contributed by atoms with E-state index in [0.29, 0.717) is 6.42 Å². The van der Waals surface area contributed by atoms with Crippen LogP contribution in [0.4, 0.5) is 0 Å². The standard InChI is InChI=1S/C21H38O3.C20H36O3/c1-3-4-17-20(22)18-15-13-11-9-7-5-6-8-10-12-14-16-19-21(23)24-2;1-2-3-16-19(21)17-14-12-10-8-6-4-5-7-9-11-13-15-18-20(22)23/h10,12,15,18,20,22H,3-9,11,13-14,16-17,19H2,1-2H3;9,11,14,17,19,21H,2-8,10,12-13,15-16,18H2,1H3,(H,22,23)/b12-10-,18-15-;11-9-,17-14-/t20-;19-/m11/s1. The van der Waals surface area contributed by atoms with Gasteiger partial charge in [-0.15, -0.1) is 0 Å². The molecule has 0 aliphatic carbocycles. The molecule has 0 aliphatic heterocycles. The first kappa shape index (κ1) is 46.9. The van der Waals surface area contributed by atoms with Crippen molar-refractivity contribution in [2.75, 3.05) is 7.11 Å². The molecular formula is C41H74O6. The smallest absolute Gasteiger partial charge is 0.305 e. The molecule has 2 atom stereocenters. The molecule has 0 bridgehead atoms. The number of unbranched alkanes of at least 4 members (excludes halogenated alkanes) is 16. The van der Waals surface area contributed by atoms with Crippen molar-refractivity contribution in [2.24, 2.45) is 0 Å². The monoisotopic (exact) mass is 663 g/mol. The van der Waals surface area contributed by atoms with E-state index in [9.17, 15) is 19.8 Å². The summed E-state index contributed by atoms with van der Waals surface area (Å²) in [5.74, 6) is -0.822. The van der Waals surface area contributed by atoms with Crippen LogP contribution < -0.4 is 0 Å². The zero-order chi connectivity index (χ0) is 35.1. The minimum Gasteiger partial charge on any atom is -0.481 e. The van der Waals surface area contributed by atoms with Crippen LogP contribution in [-0.4, -0.2) is 46.6 Å². The van der Waals surface area contributed by atoms with Gasteiger partial charge in [-0.05, 0) is 89.9 Å². The van der Waals surface area contributed by atoms with Gasteiger partial charge in [-0.2, -0.15) is 0 Å². The minimum absolute atomic E-state index is 0.117. The summed E-state index contributed by atoms with van der Waals surface area (Å²) in [6.07, 6.45) is 43.9.